The van der Waals surface area contributed by atoms with E-state index in [4.69, 9.17) is 14.2 Å². The number of esters is 3. The van der Waals surface area contributed by atoms with Gasteiger partial charge in [0.1, 0.15) is 13.2 Å². The molecule has 0 spiro atoms. The topological polar surface area (TPSA) is 78.9 Å². The van der Waals surface area contributed by atoms with Gasteiger partial charge in [-0.1, -0.05) is 235 Å². The van der Waals surface area contributed by atoms with E-state index in [0.29, 0.717) is 19.3 Å². The number of carbonyl (C=O) groups is 3. The van der Waals surface area contributed by atoms with E-state index in [1.807, 2.05) is 12.2 Å². The molecule has 0 aromatic rings. The highest BCUT2D eigenvalue weighted by atomic mass is 16.6. The molecule has 64 heavy (non-hydrogen) atoms. The van der Waals surface area contributed by atoms with Gasteiger partial charge < -0.3 is 14.2 Å². The molecule has 368 valence electrons. The van der Waals surface area contributed by atoms with Crippen LogP contribution in [-0.2, 0) is 28.6 Å². The summed E-state index contributed by atoms with van der Waals surface area (Å²) in [5, 5.41) is 0. The summed E-state index contributed by atoms with van der Waals surface area (Å²) in [5.41, 5.74) is 0. The van der Waals surface area contributed by atoms with Crippen molar-refractivity contribution in [3.05, 3.63) is 72.9 Å². The minimum Gasteiger partial charge on any atom is -0.462 e. The maximum absolute atomic E-state index is 12.8. The van der Waals surface area contributed by atoms with Gasteiger partial charge in [-0.2, -0.15) is 0 Å². The minimum absolute atomic E-state index is 0.106. The van der Waals surface area contributed by atoms with Gasteiger partial charge in [-0.25, -0.2) is 0 Å². The summed E-state index contributed by atoms with van der Waals surface area (Å²) in [6, 6.07) is 0. The summed E-state index contributed by atoms with van der Waals surface area (Å²) in [6.45, 7) is 6.44. The first-order valence-corrected chi connectivity index (χ1v) is 26.9. The van der Waals surface area contributed by atoms with Gasteiger partial charge in [0.25, 0.3) is 0 Å². The molecule has 0 heterocycles. The zero-order valence-electron chi connectivity index (χ0n) is 42.0. The van der Waals surface area contributed by atoms with Crippen LogP contribution >= 0.6 is 0 Å². The SMILES string of the molecule is CC/C=C\C/C=C\C/C=C\C/C=C\C/C=C\CCC(=O)OC(COC(=O)CCCCCCC/C=C\CCCCC)COC(=O)CCCCCCCCCCCCCCCCCCCC. The molecule has 0 aliphatic carbocycles. The second kappa shape index (κ2) is 52.5. The molecule has 6 heteroatoms. The van der Waals surface area contributed by atoms with E-state index in [2.05, 4.69) is 81.5 Å². The first-order valence-electron chi connectivity index (χ1n) is 26.9. The lowest BCUT2D eigenvalue weighted by Crippen LogP contribution is -2.30. The van der Waals surface area contributed by atoms with Gasteiger partial charge in [-0.05, 0) is 77.0 Å². The Hall–Kier alpha value is -3.15. The zero-order valence-corrected chi connectivity index (χ0v) is 42.0. The molecular weight excluding hydrogens is 793 g/mol. The van der Waals surface area contributed by atoms with Crippen LogP contribution in [-0.4, -0.2) is 37.2 Å². The summed E-state index contributed by atoms with van der Waals surface area (Å²) < 4.78 is 16.7. The number of carbonyl (C=O) groups excluding carboxylic acids is 3. The van der Waals surface area contributed by atoms with Gasteiger partial charge >= 0.3 is 17.9 Å². The van der Waals surface area contributed by atoms with Crippen molar-refractivity contribution < 1.29 is 28.6 Å². The molecular formula is C58H100O6. The summed E-state index contributed by atoms with van der Waals surface area (Å²) in [4.78, 5) is 38.0. The monoisotopic (exact) mass is 893 g/mol. The fourth-order valence-electron chi connectivity index (χ4n) is 7.43. The molecule has 1 unspecified atom stereocenters. The maximum atomic E-state index is 12.8. The van der Waals surface area contributed by atoms with Gasteiger partial charge in [-0.15, -0.1) is 0 Å². The average Bonchev–Trinajstić information content (AvgIpc) is 3.29. The standard InChI is InChI=1S/C58H100O6/c1-4-7-10-13-16-19-22-25-27-29-30-32-33-36-39-42-45-48-51-57(60)63-54-55(53-62-56(59)50-47-44-41-38-35-24-21-18-15-12-9-6-3)64-58(61)52-49-46-43-40-37-34-31-28-26-23-20-17-14-11-8-5-2/h8,11,17-18,20-21,26,28,34,37,43,46,55H,4-7,9-10,12-16,19,22-25,27,29-33,35-36,38-42,44-45,47-54H2,1-3H3/b11-8-,20-17-,21-18-,28-26-,37-34-,46-43-. The molecule has 0 saturated heterocycles. The molecule has 0 saturated carbocycles. The summed E-state index contributed by atoms with van der Waals surface area (Å²) >= 11 is 0. The van der Waals surface area contributed by atoms with E-state index in [-0.39, 0.29) is 31.6 Å². The van der Waals surface area contributed by atoms with E-state index in [1.54, 1.807) is 0 Å². The average molecular weight is 893 g/mol. The van der Waals surface area contributed by atoms with Gasteiger partial charge in [0.2, 0.25) is 0 Å². The molecule has 6 nitrogen and oxygen atoms in total. The van der Waals surface area contributed by atoms with Gasteiger partial charge in [0.05, 0.1) is 0 Å². The Kier molecular flexibility index (Phi) is 49.9. The fraction of sp³-hybridized carbons (Fsp3) is 0.741. The minimum atomic E-state index is -0.816. The molecule has 0 aliphatic rings. The number of ether oxygens (including phenoxy) is 3. The van der Waals surface area contributed by atoms with Crippen molar-refractivity contribution in [2.45, 2.75) is 264 Å². The van der Waals surface area contributed by atoms with Crippen LogP contribution in [0.15, 0.2) is 72.9 Å². The smallest absolute Gasteiger partial charge is 0.306 e. The van der Waals surface area contributed by atoms with Crippen molar-refractivity contribution in [3.63, 3.8) is 0 Å². The fourth-order valence-corrected chi connectivity index (χ4v) is 7.43. The van der Waals surface area contributed by atoms with Crippen LogP contribution in [0.25, 0.3) is 0 Å². The van der Waals surface area contributed by atoms with E-state index < -0.39 is 12.1 Å². The van der Waals surface area contributed by atoms with Crippen molar-refractivity contribution in [1.82, 2.24) is 0 Å². The van der Waals surface area contributed by atoms with Gasteiger partial charge in [0, 0.05) is 19.3 Å². The Bertz CT molecular complexity index is 1210. The normalized spacial score (nSPS) is 12.6. The molecule has 0 aromatic heterocycles. The Morgan fingerprint density at radius 2 is 0.641 bits per heavy atom. The summed E-state index contributed by atoms with van der Waals surface area (Å²) in [5.74, 6) is -0.994. The number of hydrogen-bond acceptors (Lipinski definition) is 6. The van der Waals surface area contributed by atoms with Crippen LogP contribution in [0.4, 0.5) is 0 Å². The number of unbranched alkanes of at least 4 members (excludes halogenated alkanes) is 25. The predicted octanol–water partition coefficient (Wildman–Crippen LogP) is 17.8. The molecule has 1 atom stereocenters. The van der Waals surface area contributed by atoms with Crippen molar-refractivity contribution in [3.8, 4) is 0 Å². The lowest BCUT2D eigenvalue weighted by molar-refractivity contribution is -0.166. The Morgan fingerprint density at radius 1 is 0.328 bits per heavy atom. The van der Waals surface area contributed by atoms with Gasteiger partial charge in [-0.3, -0.25) is 14.4 Å². The molecule has 0 aliphatic heterocycles. The van der Waals surface area contributed by atoms with Crippen molar-refractivity contribution in [1.29, 1.82) is 0 Å². The van der Waals surface area contributed by atoms with Crippen LogP contribution in [0.5, 0.6) is 0 Å². The summed E-state index contributed by atoms with van der Waals surface area (Å²) in [6.07, 6.45) is 66.2. The molecule has 0 amide bonds. The van der Waals surface area contributed by atoms with E-state index in [0.717, 1.165) is 83.5 Å². The van der Waals surface area contributed by atoms with Crippen LogP contribution in [0, 0.1) is 0 Å². The van der Waals surface area contributed by atoms with Crippen LogP contribution in [0.1, 0.15) is 258 Å². The maximum Gasteiger partial charge on any atom is 0.306 e. The molecule has 0 fully saturated rings. The largest absolute Gasteiger partial charge is 0.462 e. The Balaban J connectivity index is 4.44. The van der Waals surface area contributed by atoms with Crippen molar-refractivity contribution in [2.75, 3.05) is 13.2 Å². The summed E-state index contributed by atoms with van der Waals surface area (Å²) in [7, 11) is 0. The highest BCUT2D eigenvalue weighted by Gasteiger charge is 2.19. The number of hydrogen-bond donors (Lipinski definition) is 0. The van der Waals surface area contributed by atoms with Crippen LogP contribution in [0.2, 0.25) is 0 Å². The second-order valence-electron chi connectivity index (χ2n) is 17.8. The molecule has 0 bridgehead atoms. The van der Waals surface area contributed by atoms with Gasteiger partial charge in [0.15, 0.2) is 6.10 Å². The third-order valence-corrected chi connectivity index (χ3v) is 11.5. The third-order valence-electron chi connectivity index (χ3n) is 11.5. The lowest BCUT2D eigenvalue weighted by atomic mass is 10.0. The molecule has 0 rings (SSSR count). The third kappa shape index (κ3) is 49.9. The van der Waals surface area contributed by atoms with E-state index in [9.17, 15) is 14.4 Å². The highest BCUT2D eigenvalue weighted by Crippen LogP contribution is 2.16. The quantitative estimate of drug-likeness (QED) is 0.0262. The second-order valence-corrected chi connectivity index (χ2v) is 17.8. The molecule has 0 N–H and O–H groups in total. The van der Waals surface area contributed by atoms with Crippen LogP contribution in [0.3, 0.4) is 0 Å². The lowest BCUT2D eigenvalue weighted by Gasteiger charge is -2.18. The van der Waals surface area contributed by atoms with E-state index >= 15 is 0 Å². The Labute approximate surface area is 395 Å². The first kappa shape index (κ1) is 60.9. The van der Waals surface area contributed by atoms with Crippen molar-refractivity contribution in [2.24, 2.45) is 0 Å². The van der Waals surface area contributed by atoms with Crippen LogP contribution < -0.4 is 0 Å². The molecule has 0 radical (unpaired) electrons. The Morgan fingerprint density at radius 3 is 1.05 bits per heavy atom. The zero-order chi connectivity index (χ0) is 46.5. The number of rotatable bonds is 48. The first-order chi connectivity index (χ1) is 31.5. The molecule has 0 aromatic carbocycles. The highest BCUT2D eigenvalue weighted by molar-refractivity contribution is 5.71. The predicted molar refractivity (Wildman–Crippen MR) is 274 cm³/mol. The van der Waals surface area contributed by atoms with Crippen molar-refractivity contribution >= 4 is 17.9 Å². The number of allylic oxidation sites excluding steroid dienone is 12. The van der Waals surface area contributed by atoms with E-state index in [1.165, 1.54) is 128 Å².